The lowest BCUT2D eigenvalue weighted by Crippen LogP contribution is -2.07. The summed E-state index contributed by atoms with van der Waals surface area (Å²) in [5.74, 6) is 2.37. The largest absolute Gasteiger partial charge is 0.441 e. The Morgan fingerprint density at radius 3 is 2.21 bits per heavy atom. The highest BCUT2D eigenvalue weighted by Gasteiger charge is 2.24. The summed E-state index contributed by atoms with van der Waals surface area (Å²) in [6.45, 7) is 0. The van der Waals surface area contributed by atoms with E-state index in [4.69, 9.17) is 9.40 Å². The van der Waals surface area contributed by atoms with E-state index in [1.807, 2.05) is 18.2 Å². The summed E-state index contributed by atoms with van der Waals surface area (Å²) in [5.41, 5.74) is 3.54. The number of hydrogen-bond acceptors (Lipinski definition) is 2. The van der Waals surface area contributed by atoms with Crippen molar-refractivity contribution in [1.82, 2.24) is 4.98 Å². The minimum Gasteiger partial charge on any atom is -0.441 e. The molecule has 0 N–H and O–H groups in total. The fourth-order valence-corrected chi connectivity index (χ4v) is 3.67. The fourth-order valence-electron chi connectivity index (χ4n) is 3.67. The lowest BCUT2D eigenvalue weighted by atomic mass is 9.86. The Kier molecular flexibility index (Phi) is 4.46. The molecule has 0 bridgehead atoms. The first-order valence-electron chi connectivity index (χ1n) is 8.99. The van der Waals surface area contributed by atoms with Crippen LogP contribution in [-0.4, -0.2) is 4.98 Å². The van der Waals surface area contributed by atoms with E-state index in [2.05, 4.69) is 42.5 Å². The normalized spacial score (nSPS) is 15.5. The van der Waals surface area contributed by atoms with Gasteiger partial charge in [-0.3, -0.25) is 0 Å². The summed E-state index contributed by atoms with van der Waals surface area (Å²) in [4.78, 5) is 4.93. The molecule has 1 heterocycles. The van der Waals surface area contributed by atoms with Crippen LogP contribution in [0.4, 0.5) is 0 Å². The van der Waals surface area contributed by atoms with Gasteiger partial charge in [-0.05, 0) is 30.5 Å². The highest BCUT2D eigenvalue weighted by atomic mass is 16.4. The van der Waals surface area contributed by atoms with Gasteiger partial charge in [0.1, 0.15) is 5.76 Å². The predicted molar refractivity (Wildman–Crippen MR) is 97.0 cm³/mol. The molecule has 3 aromatic rings. The van der Waals surface area contributed by atoms with Gasteiger partial charge in [-0.25, -0.2) is 4.98 Å². The van der Waals surface area contributed by atoms with Crippen LogP contribution in [0, 0.1) is 0 Å². The van der Waals surface area contributed by atoms with Gasteiger partial charge in [0.25, 0.3) is 0 Å². The van der Waals surface area contributed by atoms with Crippen molar-refractivity contribution >= 4 is 0 Å². The molecule has 4 rings (SSSR count). The third kappa shape index (κ3) is 3.28. The smallest absolute Gasteiger partial charge is 0.226 e. The Bertz CT molecular complexity index is 770. The Labute approximate surface area is 143 Å². The summed E-state index contributed by atoms with van der Waals surface area (Å²) in [6, 6.07) is 20.8. The van der Waals surface area contributed by atoms with E-state index in [0.29, 0.717) is 5.92 Å². The second-order valence-electron chi connectivity index (χ2n) is 6.69. The van der Waals surface area contributed by atoms with Crippen LogP contribution < -0.4 is 0 Å². The van der Waals surface area contributed by atoms with Gasteiger partial charge in [0.2, 0.25) is 5.89 Å². The van der Waals surface area contributed by atoms with Crippen LogP contribution in [0.5, 0.6) is 0 Å². The SMILES string of the molecule is c1ccc(Cc2oc(-c3ccccc3)nc2C2CCCCC2)cc1. The monoisotopic (exact) mass is 317 g/mol. The Morgan fingerprint density at radius 2 is 1.50 bits per heavy atom. The van der Waals surface area contributed by atoms with E-state index in [1.54, 1.807) is 0 Å². The van der Waals surface area contributed by atoms with Crippen molar-refractivity contribution in [3.63, 3.8) is 0 Å². The van der Waals surface area contributed by atoms with Crippen LogP contribution in [0.1, 0.15) is 55.0 Å². The molecule has 0 amide bonds. The molecule has 0 saturated heterocycles. The number of nitrogens with zero attached hydrogens (tertiary/aromatic N) is 1. The first-order chi connectivity index (χ1) is 11.9. The van der Waals surface area contributed by atoms with E-state index in [9.17, 15) is 0 Å². The maximum absolute atomic E-state index is 6.25. The molecule has 1 aromatic heterocycles. The predicted octanol–water partition coefficient (Wildman–Crippen LogP) is 5.98. The number of oxazole rings is 1. The Balaban J connectivity index is 1.70. The number of hydrogen-bond donors (Lipinski definition) is 0. The molecule has 2 aromatic carbocycles. The van der Waals surface area contributed by atoms with Gasteiger partial charge < -0.3 is 4.42 Å². The molecular weight excluding hydrogens is 294 g/mol. The minimum atomic E-state index is 0.554. The molecule has 1 aliphatic carbocycles. The lowest BCUT2D eigenvalue weighted by Gasteiger charge is -2.20. The zero-order chi connectivity index (χ0) is 16.2. The first kappa shape index (κ1) is 15.2. The van der Waals surface area contributed by atoms with Gasteiger partial charge in [0.05, 0.1) is 5.69 Å². The first-order valence-corrected chi connectivity index (χ1v) is 8.99. The number of aromatic nitrogens is 1. The molecule has 0 atom stereocenters. The van der Waals surface area contributed by atoms with Crippen molar-refractivity contribution in [3.8, 4) is 11.5 Å². The van der Waals surface area contributed by atoms with Crippen molar-refractivity contribution in [2.45, 2.75) is 44.4 Å². The molecule has 2 heteroatoms. The quantitative estimate of drug-likeness (QED) is 0.591. The molecule has 0 radical (unpaired) electrons. The van der Waals surface area contributed by atoms with Crippen LogP contribution in [0.25, 0.3) is 11.5 Å². The molecule has 1 saturated carbocycles. The third-order valence-corrected chi connectivity index (χ3v) is 4.95. The topological polar surface area (TPSA) is 26.0 Å². The van der Waals surface area contributed by atoms with Gasteiger partial charge in [-0.2, -0.15) is 0 Å². The highest BCUT2D eigenvalue weighted by Crippen LogP contribution is 2.36. The van der Waals surface area contributed by atoms with E-state index < -0.39 is 0 Å². The molecule has 122 valence electrons. The zero-order valence-electron chi connectivity index (χ0n) is 13.9. The molecule has 2 nitrogen and oxygen atoms in total. The van der Waals surface area contributed by atoms with Gasteiger partial charge in [-0.15, -0.1) is 0 Å². The van der Waals surface area contributed by atoms with E-state index >= 15 is 0 Å². The van der Waals surface area contributed by atoms with Crippen molar-refractivity contribution in [2.24, 2.45) is 0 Å². The molecule has 1 aliphatic rings. The third-order valence-electron chi connectivity index (χ3n) is 4.95. The van der Waals surface area contributed by atoms with Crippen LogP contribution in [0.15, 0.2) is 65.1 Å². The van der Waals surface area contributed by atoms with Gasteiger partial charge in [0.15, 0.2) is 0 Å². The number of benzene rings is 2. The standard InChI is InChI=1S/C22H23NO/c1-4-10-17(11-5-1)16-20-21(18-12-6-2-7-13-18)23-22(24-20)19-14-8-3-9-15-19/h1,3-5,8-11,14-15,18H,2,6-7,12-13,16H2. The fraction of sp³-hybridized carbons (Fsp3) is 0.318. The summed E-state index contributed by atoms with van der Waals surface area (Å²) in [7, 11) is 0. The molecular formula is C22H23NO. The summed E-state index contributed by atoms with van der Waals surface area (Å²) in [6.07, 6.45) is 7.28. The molecule has 24 heavy (non-hydrogen) atoms. The van der Waals surface area contributed by atoms with Gasteiger partial charge in [-0.1, -0.05) is 67.8 Å². The van der Waals surface area contributed by atoms with Crippen LogP contribution in [-0.2, 0) is 6.42 Å². The van der Waals surface area contributed by atoms with Crippen molar-refractivity contribution in [3.05, 3.63) is 77.7 Å². The van der Waals surface area contributed by atoms with E-state index in [0.717, 1.165) is 23.6 Å². The summed E-state index contributed by atoms with van der Waals surface area (Å²) in [5, 5.41) is 0. The molecule has 0 aliphatic heterocycles. The minimum absolute atomic E-state index is 0.554. The number of rotatable bonds is 4. The zero-order valence-corrected chi connectivity index (χ0v) is 13.9. The van der Waals surface area contributed by atoms with Crippen LogP contribution in [0.2, 0.25) is 0 Å². The maximum Gasteiger partial charge on any atom is 0.226 e. The van der Waals surface area contributed by atoms with E-state index in [1.165, 1.54) is 43.4 Å². The summed E-state index contributed by atoms with van der Waals surface area (Å²) >= 11 is 0. The average Bonchev–Trinajstić information content (AvgIpc) is 3.08. The second-order valence-corrected chi connectivity index (χ2v) is 6.69. The molecule has 0 unspecified atom stereocenters. The maximum atomic E-state index is 6.25. The Hall–Kier alpha value is -2.35. The molecule has 1 fully saturated rings. The van der Waals surface area contributed by atoms with Gasteiger partial charge >= 0.3 is 0 Å². The summed E-state index contributed by atoms with van der Waals surface area (Å²) < 4.78 is 6.25. The van der Waals surface area contributed by atoms with E-state index in [-0.39, 0.29) is 0 Å². The van der Waals surface area contributed by atoms with Crippen molar-refractivity contribution in [2.75, 3.05) is 0 Å². The van der Waals surface area contributed by atoms with Gasteiger partial charge in [0, 0.05) is 17.9 Å². The van der Waals surface area contributed by atoms with Crippen LogP contribution >= 0.6 is 0 Å². The highest BCUT2D eigenvalue weighted by molar-refractivity contribution is 5.53. The average molecular weight is 317 g/mol. The van der Waals surface area contributed by atoms with Crippen molar-refractivity contribution in [1.29, 1.82) is 0 Å². The van der Waals surface area contributed by atoms with Crippen LogP contribution in [0.3, 0.4) is 0 Å². The Morgan fingerprint density at radius 1 is 0.833 bits per heavy atom. The lowest BCUT2D eigenvalue weighted by molar-refractivity contribution is 0.429. The second kappa shape index (κ2) is 7.04. The van der Waals surface area contributed by atoms with Crippen molar-refractivity contribution < 1.29 is 4.42 Å². The molecule has 0 spiro atoms.